The van der Waals surface area contributed by atoms with Crippen molar-refractivity contribution in [3.05, 3.63) is 95.6 Å². The van der Waals surface area contributed by atoms with Gasteiger partial charge >= 0.3 is 0 Å². The maximum atomic E-state index is 12.9. The van der Waals surface area contributed by atoms with Gasteiger partial charge < -0.3 is 14.4 Å². The molecule has 4 rings (SSSR count). The van der Waals surface area contributed by atoms with Gasteiger partial charge in [-0.3, -0.25) is 9.69 Å². The Balaban J connectivity index is 1.27. The van der Waals surface area contributed by atoms with Crippen molar-refractivity contribution in [3.63, 3.8) is 0 Å². The predicted octanol–water partition coefficient (Wildman–Crippen LogP) is 5.14. The Kier molecular flexibility index (Phi) is 8.21. The second-order valence-corrected chi connectivity index (χ2v) is 8.99. The SMILES string of the molecule is COc1cc(CN2CCC(C(=O)N(C)Cc3ccccc3)CC2)ccc1OCc1ccccc1. The van der Waals surface area contributed by atoms with Crippen molar-refractivity contribution in [2.75, 3.05) is 27.2 Å². The molecule has 1 aliphatic heterocycles. The summed E-state index contributed by atoms with van der Waals surface area (Å²) in [6.45, 7) is 3.86. The molecule has 0 bridgehead atoms. The lowest BCUT2D eigenvalue weighted by Crippen LogP contribution is -2.40. The van der Waals surface area contributed by atoms with E-state index in [4.69, 9.17) is 9.47 Å². The maximum Gasteiger partial charge on any atom is 0.225 e. The molecule has 0 aromatic heterocycles. The number of rotatable bonds is 9. The molecule has 3 aromatic carbocycles. The fourth-order valence-electron chi connectivity index (χ4n) is 4.51. The lowest BCUT2D eigenvalue weighted by atomic mass is 9.95. The zero-order valence-electron chi connectivity index (χ0n) is 20.2. The average molecular weight is 459 g/mol. The summed E-state index contributed by atoms with van der Waals surface area (Å²) in [5, 5.41) is 0. The van der Waals surface area contributed by atoms with Gasteiger partial charge in [0, 0.05) is 26.1 Å². The van der Waals surface area contributed by atoms with Gasteiger partial charge in [0.25, 0.3) is 0 Å². The highest BCUT2D eigenvalue weighted by molar-refractivity contribution is 5.78. The van der Waals surface area contributed by atoms with E-state index in [0.717, 1.165) is 49.5 Å². The smallest absolute Gasteiger partial charge is 0.225 e. The van der Waals surface area contributed by atoms with Crippen LogP contribution in [0.15, 0.2) is 78.9 Å². The number of nitrogens with zero attached hydrogens (tertiary/aromatic N) is 2. The molecule has 1 amide bonds. The van der Waals surface area contributed by atoms with E-state index in [1.807, 2.05) is 54.4 Å². The minimum atomic E-state index is 0.105. The number of hydrogen-bond acceptors (Lipinski definition) is 4. The van der Waals surface area contributed by atoms with E-state index in [-0.39, 0.29) is 11.8 Å². The molecule has 178 valence electrons. The fourth-order valence-corrected chi connectivity index (χ4v) is 4.51. The lowest BCUT2D eigenvalue weighted by Gasteiger charge is -2.33. The minimum absolute atomic E-state index is 0.105. The average Bonchev–Trinajstić information content (AvgIpc) is 2.89. The Bertz CT molecular complexity index is 1050. The summed E-state index contributed by atoms with van der Waals surface area (Å²) in [7, 11) is 3.59. The second kappa shape index (κ2) is 11.7. The molecule has 0 atom stereocenters. The van der Waals surface area contributed by atoms with Crippen LogP contribution in [-0.4, -0.2) is 43.0 Å². The number of piperidine rings is 1. The van der Waals surface area contributed by atoms with Crippen molar-refractivity contribution < 1.29 is 14.3 Å². The Morgan fingerprint density at radius 2 is 1.53 bits per heavy atom. The monoisotopic (exact) mass is 458 g/mol. The zero-order valence-corrected chi connectivity index (χ0v) is 20.2. The molecule has 1 aliphatic rings. The Morgan fingerprint density at radius 3 is 2.18 bits per heavy atom. The molecule has 1 saturated heterocycles. The lowest BCUT2D eigenvalue weighted by molar-refractivity contribution is -0.136. The van der Waals surface area contributed by atoms with Crippen LogP contribution < -0.4 is 9.47 Å². The summed E-state index contributed by atoms with van der Waals surface area (Å²) in [6, 6.07) is 26.5. The molecule has 5 heteroatoms. The van der Waals surface area contributed by atoms with Crippen LogP contribution in [0.1, 0.15) is 29.5 Å². The van der Waals surface area contributed by atoms with Gasteiger partial charge in [-0.15, -0.1) is 0 Å². The van der Waals surface area contributed by atoms with Crippen molar-refractivity contribution in [2.45, 2.75) is 32.5 Å². The first-order valence-corrected chi connectivity index (χ1v) is 12.0. The summed E-state index contributed by atoms with van der Waals surface area (Å²) in [6.07, 6.45) is 1.79. The Hall–Kier alpha value is -3.31. The highest BCUT2D eigenvalue weighted by atomic mass is 16.5. The second-order valence-electron chi connectivity index (χ2n) is 8.99. The predicted molar refractivity (Wildman–Crippen MR) is 135 cm³/mol. The molecule has 0 N–H and O–H groups in total. The third-order valence-corrected chi connectivity index (χ3v) is 6.45. The molecule has 34 heavy (non-hydrogen) atoms. The molecule has 1 fully saturated rings. The number of methoxy groups -OCH3 is 1. The summed E-state index contributed by atoms with van der Waals surface area (Å²) in [5.74, 6) is 1.86. The molecular weight excluding hydrogens is 424 g/mol. The van der Waals surface area contributed by atoms with E-state index in [1.165, 1.54) is 11.1 Å². The van der Waals surface area contributed by atoms with Gasteiger partial charge in [-0.05, 0) is 54.8 Å². The van der Waals surface area contributed by atoms with Crippen molar-refractivity contribution >= 4 is 5.91 Å². The van der Waals surface area contributed by atoms with Gasteiger partial charge in [0.05, 0.1) is 7.11 Å². The standard InChI is InChI=1S/C29H34N2O3/c1-30(20-23-9-5-3-6-10-23)29(32)26-15-17-31(18-16-26)21-25-13-14-27(28(19-25)33-2)34-22-24-11-7-4-8-12-24/h3-14,19,26H,15-18,20-22H2,1-2H3. The normalized spacial score (nSPS) is 14.5. The Labute approximate surface area is 202 Å². The fraction of sp³-hybridized carbons (Fsp3) is 0.345. The third kappa shape index (κ3) is 6.39. The van der Waals surface area contributed by atoms with E-state index in [9.17, 15) is 4.79 Å². The van der Waals surface area contributed by atoms with Crippen LogP contribution >= 0.6 is 0 Å². The molecule has 0 spiro atoms. The summed E-state index contributed by atoms with van der Waals surface area (Å²) in [5.41, 5.74) is 3.48. The summed E-state index contributed by atoms with van der Waals surface area (Å²) in [4.78, 5) is 17.2. The highest BCUT2D eigenvalue weighted by Gasteiger charge is 2.27. The Morgan fingerprint density at radius 1 is 0.882 bits per heavy atom. The molecule has 0 radical (unpaired) electrons. The molecular formula is C29H34N2O3. The van der Waals surface area contributed by atoms with Crippen LogP contribution in [0.4, 0.5) is 0 Å². The van der Waals surface area contributed by atoms with Crippen LogP contribution in [0.2, 0.25) is 0 Å². The summed E-state index contributed by atoms with van der Waals surface area (Å²) < 4.78 is 11.6. The van der Waals surface area contributed by atoms with Gasteiger partial charge in [-0.1, -0.05) is 66.7 Å². The van der Waals surface area contributed by atoms with Gasteiger partial charge in [-0.25, -0.2) is 0 Å². The van der Waals surface area contributed by atoms with Gasteiger partial charge in [-0.2, -0.15) is 0 Å². The topological polar surface area (TPSA) is 42.0 Å². The number of carbonyl (C=O) groups is 1. The number of hydrogen-bond donors (Lipinski definition) is 0. The van der Waals surface area contributed by atoms with E-state index in [2.05, 4.69) is 41.3 Å². The van der Waals surface area contributed by atoms with Crippen LogP contribution in [0, 0.1) is 5.92 Å². The number of ether oxygens (including phenoxy) is 2. The van der Waals surface area contributed by atoms with E-state index < -0.39 is 0 Å². The van der Waals surface area contributed by atoms with E-state index >= 15 is 0 Å². The number of amides is 1. The van der Waals surface area contributed by atoms with Crippen molar-refractivity contribution in [2.24, 2.45) is 5.92 Å². The van der Waals surface area contributed by atoms with Crippen LogP contribution in [0.3, 0.4) is 0 Å². The largest absolute Gasteiger partial charge is 0.493 e. The molecule has 0 saturated carbocycles. The minimum Gasteiger partial charge on any atom is -0.493 e. The first-order valence-electron chi connectivity index (χ1n) is 12.0. The van der Waals surface area contributed by atoms with Crippen molar-refractivity contribution in [1.82, 2.24) is 9.80 Å². The highest BCUT2D eigenvalue weighted by Crippen LogP contribution is 2.30. The zero-order chi connectivity index (χ0) is 23.8. The van der Waals surface area contributed by atoms with Gasteiger partial charge in [0.2, 0.25) is 5.91 Å². The van der Waals surface area contributed by atoms with Crippen LogP contribution in [0.25, 0.3) is 0 Å². The maximum absolute atomic E-state index is 12.9. The van der Waals surface area contributed by atoms with E-state index in [1.54, 1.807) is 7.11 Å². The number of likely N-dealkylation sites (tertiary alicyclic amines) is 1. The van der Waals surface area contributed by atoms with Gasteiger partial charge in [0.1, 0.15) is 6.61 Å². The first kappa shape index (κ1) is 23.8. The van der Waals surface area contributed by atoms with Crippen LogP contribution in [-0.2, 0) is 24.5 Å². The van der Waals surface area contributed by atoms with Gasteiger partial charge in [0.15, 0.2) is 11.5 Å². The molecule has 3 aromatic rings. The van der Waals surface area contributed by atoms with E-state index in [0.29, 0.717) is 13.2 Å². The molecule has 0 unspecified atom stereocenters. The first-order chi connectivity index (χ1) is 16.6. The van der Waals surface area contributed by atoms with Crippen molar-refractivity contribution in [3.8, 4) is 11.5 Å². The van der Waals surface area contributed by atoms with Crippen LogP contribution in [0.5, 0.6) is 11.5 Å². The summed E-state index contributed by atoms with van der Waals surface area (Å²) >= 11 is 0. The number of benzene rings is 3. The molecule has 0 aliphatic carbocycles. The quantitative estimate of drug-likeness (QED) is 0.445. The third-order valence-electron chi connectivity index (χ3n) is 6.45. The molecule has 5 nitrogen and oxygen atoms in total. The van der Waals surface area contributed by atoms with Crippen molar-refractivity contribution in [1.29, 1.82) is 0 Å². The number of carbonyl (C=O) groups excluding carboxylic acids is 1. The molecule has 1 heterocycles.